The number of furan rings is 1. The maximum Gasteiger partial charge on any atom is 0.118 e. The number of hydrogen-bond donors (Lipinski definition) is 1. The van der Waals surface area contributed by atoms with Crippen molar-refractivity contribution in [3.63, 3.8) is 0 Å². The maximum absolute atomic E-state index is 5.62. The van der Waals surface area contributed by atoms with Crippen molar-refractivity contribution in [2.24, 2.45) is 11.7 Å². The van der Waals surface area contributed by atoms with E-state index in [0.29, 0.717) is 12.5 Å². The fourth-order valence-corrected chi connectivity index (χ4v) is 1.81. The molecule has 2 N–H and O–H groups in total. The second-order valence-corrected chi connectivity index (χ2v) is 4.69. The summed E-state index contributed by atoms with van der Waals surface area (Å²) in [5.74, 6) is 2.45. The van der Waals surface area contributed by atoms with Crippen molar-refractivity contribution in [3.05, 3.63) is 23.7 Å². The molecule has 4 heteroatoms. The molecule has 4 nitrogen and oxygen atoms in total. The Balaban J connectivity index is 2.51. The molecular formula is C13H24N2O2. The summed E-state index contributed by atoms with van der Waals surface area (Å²) in [4.78, 5) is 2.34. The van der Waals surface area contributed by atoms with Crippen molar-refractivity contribution in [1.82, 2.24) is 4.90 Å². The summed E-state index contributed by atoms with van der Waals surface area (Å²) in [6.45, 7) is 8.43. The van der Waals surface area contributed by atoms with Crippen LogP contribution < -0.4 is 5.73 Å². The van der Waals surface area contributed by atoms with Crippen LogP contribution in [0, 0.1) is 5.92 Å². The Labute approximate surface area is 104 Å². The minimum atomic E-state index is 0.461. The molecule has 0 bridgehead atoms. The fraction of sp³-hybridized carbons (Fsp3) is 0.692. The third kappa shape index (κ3) is 5.35. The molecule has 1 aromatic heterocycles. The highest BCUT2D eigenvalue weighted by molar-refractivity contribution is 5.06. The van der Waals surface area contributed by atoms with E-state index in [9.17, 15) is 0 Å². The van der Waals surface area contributed by atoms with Crippen molar-refractivity contribution >= 4 is 0 Å². The summed E-state index contributed by atoms with van der Waals surface area (Å²) in [6, 6.07) is 3.95. The van der Waals surface area contributed by atoms with Gasteiger partial charge in [-0.2, -0.15) is 0 Å². The van der Waals surface area contributed by atoms with E-state index in [1.54, 1.807) is 7.11 Å². The predicted octanol–water partition coefficient (Wildman–Crippen LogP) is 1.84. The van der Waals surface area contributed by atoms with Gasteiger partial charge in [-0.25, -0.2) is 0 Å². The molecule has 1 heterocycles. The maximum atomic E-state index is 5.62. The molecule has 98 valence electrons. The number of hydrogen-bond acceptors (Lipinski definition) is 4. The van der Waals surface area contributed by atoms with Crippen LogP contribution in [0.4, 0.5) is 0 Å². The summed E-state index contributed by atoms with van der Waals surface area (Å²) in [7, 11) is 1.73. The molecule has 0 saturated carbocycles. The normalized spacial score (nSPS) is 11.6. The van der Waals surface area contributed by atoms with E-state index in [-0.39, 0.29) is 0 Å². The van der Waals surface area contributed by atoms with Gasteiger partial charge in [0.1, 0.15) is 11.5 Å². The molecule has 1 aromatic rings. The topological polar surface area (TPSA) is 51.6 Å². The number of nitrogens with zero attached hydrogens (tertiary/aromatic N) is 1. The molecular weight excluding hydrogens is 216 g/mol. The van der Waals surface area contributed by atoms with Gasteiger partial charge in [-0.3, -0.25) is 4.90 Å². The van der Waals surface area contributed by atoms with Gasteiger partial charge in [0.2, 0.25) is 0 Å². The zero-order chi connectivity index (χ0) is 12.7. The average molecular weight is 240 g/mol. The van der Waals surface area contributed by atoms with E-state index in [1.807, 2.05) is 12.1 Å². The molecule has 0 aliphatic carbocycles. The highest BCUT2D eigenvalue weighted by atomic mass is 16.5. The summed E-state index contributed by atoms with van der Waals surface area (Å²) in [5, 5.41) is 0. The standard InChI is InChI=1S/C13H24N2O2/c1-11(2)9-15(6-7-16-3)10-13-5-4-12(8-14)17-13/h4-5,11H,6-10,14H2,1-3H3. The van der Waals surface area contributed by atoms with Crippen molar-refractivity contribution < 1.29 is 9.15 Å². The lowest BCUT2D eigenvalue weighted by Gasteiger charge is -2.22. The van der Waals surface area contributed by atoms with E-state index in [4.69, 9.17) is 14.9 Å². The van der Waals surface area contributed by atoms with Gasteiger partial charge in [0.15, 0.2) is 0 Å². The molecule has 0 aliphatic rings. The Bertz CT molecular complexity index is 310. The van der Waals surface area contributed by atoms with Gasteiger partial charge in [-0.15, -0.1) is 0 Å². The fourth-order valence-electron chi connectivity index (χ4n) is 1.81. The van der Waals surface area contributed by atoms with Crippen molar-refractivity contribution in [1.29, 1.82) is 0 Å². The summed E-state index contributed by atoms with van der Waals surface area (Å²) in [6.07, 6.45) is 0. The summed E-state index contributed by atoms with van der Waals surface area (Å²) in [5.41, 5.74) is 5.53. The van der Waals surface area contributed by atoms with Crippen LogP contribution in [0.5, 0.6) is 0 Å². The van der Waals surface area contributed by atoms with Crippen LogP contribution in [0.25, 0.3) is 0 Å². The average Bonchev–Trinajstić information content (AvgIpc) is 2.73. The van der Waals surface area contributed by atoms with Crippen molar-refractivity contribution in [3.8, 4) is 0 Å². The SMILES string of the molecule is COCCN(Cc1ccc(CN)o1)CC(C)C. The minimum Gasteiger partial charge on any atom is -0.463 e. The molecule has 1 rings (SSSR count). The molecule has 0 amide bonds. The second kappa shape index (κ2) is 7.48. The molecule has 0 aromatic carbocycles. The number of methoxy groups -OCH3 is 1. The Kier molecular flexibility index (Phi) is 6.26. The smallest absolute Gasteiger partial charge is 0.118 e. The lowest BCUT2D eigenvalue weighted by Crippen LogP contribution is -2.30. The molecule has 0 saturated heterocycles. The number of rotatable bonds is 8. The summed E-state index contributed by atoms with van der Waals surface area (Å²) >= 11 is 0. The van der Waals surface area contributed by atoms with Crippen LogP contribution >= 0.6 is 0 Å². The molecule has 17 heavy (non-hydrogen) atoms. The highest BCUT2D eigenvalue weighted by Crippen LogP contribution is 2.11. The van der Waals surface area contributed by atoms with Gasteiger partial charge in [0, 0.05) is 20.2 Å². The molecule has 0 unspecified atom stereocenters. The number of nitrogens with two attached hydrogens (primary N) is 1. The van der Waals surface area contributed by atoms with Crippen LogP contribution in [0.1, 0.15) is 25.4 Å². The van der Waals surface area contributed by atoms with Crippen LogP contribution in [-0.2, 0) is 17.8 Å². The predicted molar refractivity (Wildman–Crippen MR) is 68.6 cm³/mol. The minimum absolute atomic E-state index is 0.461. The molecule has 0 fully saturated rings. The third-order valence-corrected chi connectivity index (χ3v) is 2.53. The first-order valence-corrected chi connectivity index (χ1v) is 6.14. The van der Waals surface area contributed by atoms with Gasteiger partial charge in [0.25, 0.3) is 0 Å². The summed E-state index contributed by atoms with van der Waals surface area (Å²) < 4.78 is 10.7. The monoisotopic (exact) mass is 240 g/mol. The van der Waals surface area contributed by atoms with Crippen LogP contribution in [0.15, 0.2) is 16.5 Å². The van der Waals surface area contributed by atoms with E-state index < -0.39 is 0 Å². The third-order valence-electron chi connectivity index (χ3n) is 2.53. The van der Waals surface area contributed by atoms with Crippen LogP contribution in [-0.4, -0.2) is 31.7 Å². The first-order chi connectivity index (χ1) is 8.15. The Morgan fingerprint density at radius 3 is 2.59 bits per heavy atom. The lowest BCUT2D eigenvalue weighted by molar-refractivity contribution is 0.130. The van der Waals surface area contributed by atoms with Gasteiger partial charge in [-0.1, -0.05) is 13.8 Å². The van der Waals surface area contributed by atoms with Gasteiger partial charge in [-0.05, 0) is 18.1 Å². The first-order valence-electron chi connectivity index (χ1n) is 6.14. The Morgan fingerprint density at radius 1 is 1.35 bits per heavy atom. The van der Waals surface area contributed by atoms with E-state index in [1.165, 1.54) is 0 Å². The lowest BCUT2D eigenvalue weighted by atomic mass is 10.2. The quantitative estimate of drug-likeness (QED) is 0.753. The van der Waals surface area contributed by atoms with E-state index >= 15 is 0 Å². The zero-order valence-corrected chi connectivity index (χ0v) is 11.1. The first kappa shape index (κ1) is 14.2. The van der Waals surface area contributed by atoms with Crippen LogP contribution in [0.3, 0.4) is 0 Å². The molecule has 0 spiro atoms. The molecule has 0 radical (unpaired) electrons. The Hall–Kier alpha value is -0.840. The Morgan fingerprint density at radius 2 is 2.06 bits per heavy atom. The second-order valence-electron chi connectivity index (χ2n) is 4.69. The van der Waals surface area contributed by atoms with Crippen molar-refractivity contribution in [2.45, 2.75) is 26.9 Å². The highest BCUT2D eigenvalue weighted by Gasteiger charge is 2.10. The number of ether oxygens (including phenoxy) is 1. The largest absolute Gasteiger partial charge is 0.463 e. The van der Waals surface area contributed by atoms with E-state index in [2.05, 4.69) is 18.7 Å². The van der Waals surface area contributed by atoms with Crippen molar-refractivity contribution in [2.75, 3.05) is 26.8 Å². The zero-order valence-electron chi connectivity index (χ0n) is 11.1. The van der Waals surface area contributed by atoms with Gasteiger partial charge in [0.05, 0.1) is 19.7 Å². The van der Waals surface area contributed by atoms with Gasteiger partial charge >= 0.3 is 0 Å². The molecule has 0 aliphatic heterocycles. The molecule has 0 atom stereocenters. The van der Waals surface area contributed by atoms with E-state index in [0.717, 1.165) is 37.8 Å². The van der Waals surface area contributed by atoms with Gasteiger partial charge < -0.3 is 14.9 Å². The van der Waals surface area contributed by atoms with Crippen LogP contribution in [0.2, 0.25) is 0 Å².